The Balaban J connectivity index is 0.00000144. The molecule has 20 heteroatoms. The Morgan fingerprint density at radius 2 is 1.00 bits per heavy atom. The molecule has 400 valence electrons. The predicted octanol–water partition coefficient (Wildman–Crippen LogP) is 3.64. The normalized spacial score (nSPS) is 12.1. The van der Waals surface area contributed by atoms with Crippen LogP contribution < -0.4 is 47.2 Å². The summed E-state index contributed by atoms with van der Waals surface area (Å²) >= 11 is 0. The Kier molecular flexibility index (Phi) is 21.2. The van der Waals surface area contributed by atoms with E-state index in [0.29, 0.717) is 58.2 Å². The Bertz CT molecular complexity index is 3070. The summed E-state index contributed by atoms with van der Waals surface area (Å²) in [5.41, 5.74) is 4.90. The molecule has 76 heavy (non-hydrogen) atoms. The lowest BCUT2D eigenvalue weighted by atomic mass is 9.84. The zero-order valence-electron chi connectivity index (χ0n) is 44.2. The number of carbonyl (C=O) groups is 1. The number of hydrogen-bond acceptors (Lipinski definition) is 15. The van der Waals surface area contributed by atoms with Crippen LogP contribution in [0.3, 0.4) is 0 Å². The van der Waals surface area contributed by atoms with Crippen LogP contribution in [0.5, 0.6) is 23.3 Å². The molecule has 0 saturated carbocycles. The van der Waals surface area contributed by atoms with Gasteiger partial charge in [-0.25, -0.2) is 0 Å². The largest absolute Gasteiger partial charge is 1.00 e. The van der Waals surface area contributed by atoms with E-state index in [0.717, 1.165) is 36.7 Å². The van der Waals surface area contributed by atoms with Gasteiger partial charge in [-0.05, 0) is 92.6 Å². The quantitative estimate of drug-likeness (QED) is 0.0568. The summed E-state index contributed by atoms with van der Waals surface area (Å²) in [5, 5.41) is 58.7. The van der Waals surface area contributed by atoms with Crippen LogP contribution >= 0.6 is 0 Å². The van der Waals surface area contributed by atoms with Crippen molar-refractivity contribution in [3.05, 3.63) is 176 Å². The lowest BCUT2D eigenvalue weighted by molar-refractivity contribution is -0.597. The van der Waals surface area contributed by atoms with Crippen molar-refractivity contribution in [2.45, 2.75) is 58.7 Å². The van der Waals surface area contributed by atoms with Gasteiger partial charge in [0, 0.05) is 66.5 Å². The van der Waals surface area contributed by atoms with Crippen molar-refractivity contribution < 1.29 is 56.2 Å². The third-order valence-electron chi connectivity index (χ3n) is 12.2. The van der Waals surface area contributed by atoms with Crippen LogP contribution in [-0.2, 0) is 17.9 Å². The van der Waals surface area contributed by atoms with E-state index in [1.165, 1.54) is 9.13 Å². The Morgan fingerprint density at radius 3 is 1.34 bits per heavy atom. The Labute approximate surface area is 448 Å². The van der Waals surface area contributed by atoms with Crippen molar-refractivity contribution in [1.29, 1.82) is 0 Å². The molecule has 4 aromatic heterocycles. The summed E-state index contributed by atoms with van der Waals surface area (Å²) < 4.78 is 18.3. The fourth-order valence-corrected chi connectivity index (χ4v) is 8.42. The molecule has 0 aliphatic carbocycles. The zero-order valence-corrected chi connectivity index (χ0v) is 44.9. The molecule has 0 fully saturated rings. The number of carboxylic acid groups (broad SMARTS) is 1. The topological polar surface area (TPSA) is 227 Å². The number of carbonyl (C=O) groups excluding carboxylic acids is 1. The van der Waals surface area contributed by atoms with Gasteiger partial charge in [0.1, 0.15) is 11.5 Å². The summed E-state index contributed by atoms with van der Waals surface area (Å²) in [6.07, 6.45) is 7.08. The van der Waals surface area contributed by atoms with E-state index in [1.807, 2.05) is 129 Å². The molecule has 0 bridgehead atoms. The number of aromatic nitrogens is 4. The standard InChI is InChI=1S/C53H58N10O6.C3H6O3.ClH/c1-36-46(50(64)62(32-18-26-58(3)4)52(66)48(36)60-28-14-10-15-29-60)56-54-39-22-24-41(43(34-39)68-7)45(38-20-12-9-13-21-38)42-25-23-40(35-44(42)69-8)55-57-47-37(2)49(61-30-16-11-17-31-61)53(67)63(51(47)65)33-19-27-59(5)6;1-2(4)3(5)6;/h9-17,20-25,28-31,34-35,45H,18-19,26-27,32-33H2,1-8H3;2,4H,1H3,(H,5,6);1H. The number of aliphatic carboxylic acids is 1. The van der Waals surface area contributed by atoms with E-state index in [2.05, 4.69) is 20.5 Å². The van der Waals surface area contributed by atoms with Gasteiger partial charge in [-0.15, -0.1) is 10.2 Å². The maximum Gasteiger partial charge on any atom is 0.326 e. The first-order chi connectivity index (χ1) is 36.0. The molecule has 0 radical (unpaired) electrons. The van der Waals surface area contributed by atoms with Gasteiger partial charge in [0.2, 0.25) is 11.8 Å². The monoisotopic (exact) mass is 1060 g/mol. The second-order valence-electron chi connectivity index (χ2n) is 18.2. The number of aliphatic hydroxyl groups is 1. The van der Waals surface area contributed by atoms with Gasteiger partial charge in [-0.3, -0.25) is 18.7 Å². The number of carboxylic acids is 1. The molecule has 0 saturated heterocycles. The van der Waals surface area contributed by atoms with Crippen LogP contribution in [-0.4, -0.2) is 102 Å². The lowest BCUT2D eigenvalue weighted by Gasteiger charge is -2.23. The number of ether oxygens (including phenoxy) is 2. The first kappa shape index (κ1) is 58.8. The van der Waals surface area contributed by atoms with Crippen LogP contribution in [0, 0.1) is 13.8 Å². The molecule has 0 amide bonds. The maximum atomic E-state index is 13.9. The average Bonchev–Trinajstić information content (AvgIpc) is 3.41. The molecule has 3 aromatic carbocycles. The number of aromatic hydroxyl groups is 2. The Morgan fingerprint density at radius 1 is 0.632 bits per heavy atom. The molecule has 1 atom stereocenters. The molecule has 0 aliphatic heterocycles. The van der Waals surface area contributed by atoms with Crippen LogP contribution in [0.1, 0.15) is 53.5 Å². The minimum absolute atomic E-state index is 0. The number of azo groups is 2. The van der Waals surface area contributed by atoms with Crippen molar-refractivity contribution in [1.82, 2.24) is 18.9 Å². The second kappa shape index (κ2) is 27.4. The van der Waals surface area contributed by atoms with Crippen LogP contribution in [0.4, 0.5) is 22.7 Å². The van der Waals surface area contributed by atoms with E-state index in [9.17, 15) is 29.7 Å². The highest BCUT2D eigenvalue weighted by atomic mass is 35.5. The molecule has 7 rings (SSSR count). The minimum atomic E-state index is -1.44. The molecule has 4 heterocycles. The molecule has 0 aliphatic rings. The van der Waals surface area contributed by atoms with Gasteiger partial charge >= 0.3 is 11.1 Å². The minimum Gasteiger partial charge on any atom is -1.00 e. The summed E-state index contributed by atoms with van der Waals surface area (Å²) in [5.74, 6) is -1.29. The van der Waals surface area contributed by atoms with Gasteiger partial charge in [0.25, 0.3) is 11.4 Å². The molecule has 19 nitrogen and oxygen atoms in total. The van der Waals surface area contributed by atoms with Crippen LogP contribution in [0.25, 0.3) is 11.4 Å². The second-order valence-corrected chi connectivity index (χ2v) is 18.2. The number of aliphatic hydroxyl groups excluding tert-OH is 1. The molecule has 1 unspecified atom stereocenters. The number of nitrogens with zero attached hydrogens (tertiary/aromatic N) is 10. The molecular weight excluding hydrogens is 992 g/mol. The maximum absolute atomic E-state index is 13.9. The van der Waals surface area contributed by atoms with Crippen LogP contribution in [0.15, 0.2) is 158 Å². The first-order valence-electron chi connectivity index (χ1n) is 24.3. The van der Waals surface area contributed by atoms with E-state index in [-0.39, 0.29) is 59.7 Å². The highest BCUT2D eigenvalue weighted by molar-refractivity contribution is 5.68. The van der Waals surface area contributed by atoms with Gasteiger partial charge in [-0.2, -0.15) is 19.4 Å². The summed E-state index contributed by atoms with van der Waals surface area (Å²) in [4.78, 5) is 41.1. The van der Waals surface area contributed by atoms with Gasteiger partial charge in [0.15, 0.2) is 36.2 Å². The lowest BCUT2D eigenvalue weighted by Crippen LogP contribution is -3.00. The fraction of sp³-hybridized carbons (Fsp3) is 0.304. The number of rotatable bonds is 20. The average molecular weight is 1060 g/mol. The van der Waals surface area contributed by atoms with Gasteiger partial charge in [0.05, 0.1) is 48.8 Å². The molecule has 7 aromatic rings. The fourth-order valence-electron chi connectivity index (χ4n) is 8.42. The van der Waals surface area contributed by atoms with Crippen molar-refractivity contribution in [3.63, 3.8) is 0 Å². The number of benzene rings is 3. The van der Waals surface area contributed by atoms with Crippen molar-refractivity contribution in [3.8, 4) is 34.6 Å². The smallest absolute Gasteiger partial charge is 0.326 e. The molecule has 3 N–H and O–H groups in total. The number of hydrogen-bond donors (Lipinski definition) is 3. The number of methoxy groups -OCH3 is 2. The zero-order chi connectivity index (χ0) is 54.3. The first-order valence-corrected chi connectivity index (χ1v) is 24.3. The van der Waals surface area contributed by atoms with Gasteiger partial charge in [-0.1, -0.05) is 54.6 Å². The van der Waals surface area contributed by atoms with Gasteiger partial charge < -0.3 is 56.9 Å². The SMILES string of the molecule is CC(O)C(=O)[O-].COc1cc(N=Nc2c(C)c(-[n+]3ccccc3)c(=O)n(CCCN(C)C)c2O)ccc1C(c1ccccc1)c1ccc(N=Nc2c(C)c(-[n+]3ccccc3)c(=O)n(CCCN(C)C)c2O)cc1OC.[Cl-]. The van der Waals surface area contributed by atoms with E-state index < -0.39 is 18.0 Å². The van der Waals surface area contributed by atoms with E-state index >= 15 is 0 Å². The van der Waals surface area contributed by atoms with E-state index in [1.54, 1.807) is 74.1 Å². The van der Waals surface area contributed by atoms with Crippen molar-refractivity contribution in [2.75, 3.05) is 55.5 Å². The third kappa shape index (κ3) is 14.2. The third-order valence-corrected chi connectivity index (χ3v) is 12.2. The van der Waals surface area contributed by atoms with Crippen LogP contribution in [0.2, 0.25) is 0 Å². The van der Waals surface area contributed by atoms with Crippen molar-refractivity contribution >= 4 is 28.7 Å². The summed E-state index contributed by atoms with van der Waals surface area (Å²) in [6.45, 7) is 6.66. The highest BCUT2D eigenvalue weighted by Gasteiger charge is 2.29. The number of halogens is 1. The summed E-state index contributed by atoms with van der Waals surface area (Å²) in [6, 6.07) is 32.1. The predicted molar refractivity (Wildman–Crippen MR) is 282 cm³/mol. The Hall–Kier alpha value is -8.10. The molecular formula is C56H65ClN10O9. The highest BCUT2D eigenvalue weighted by Crippen LogP contribution is 2.44. The molecule has 0 spiro atoms. The van der Waals surface area contributed by atoms with E-state index in [4.69, 9.17) is 14.6 Å². The summed E-state index contributed by atoms with van der Waals surface area (Å²) in [7, 11) is 11.0. The van der Waals surface area contributed by atoms with Crippen molar-refractivity contribution in [2.24, 2.45) is 20.5 Å². The number of pyridine rings is 4.